The zero-order valence-electron chi connectivity index (χ0n) is 12.9. The van der Waals surface area contributed by atoms with E-state index in [0.717, 1.165) is 0 Å². The predicted molar refractivity (Wildman–Crippen MR) is 79.0 cm³/mol. The topological polar surface area (TPSA) is 50.2 Å². The van der Waals surface area contributed by atoms with Crippen molar-refractivity contribution < 1.29 is 13.6 Å². The van der Waals surface area contributed by atoms with Gasteiger partial charge in [-0.1, -0.05) is 6.92 Å². The highest BCUT2D eigenvalue weighted by molar-refractivity contribution is 5.89. The van der Waals surface area contributed by atoms with Crippen LogP contribution in [0.4, 0.5) is 19.3 Å². The van der Waals surface area contributed by atoms with E-state index in [1.54, 1.807) is 6.20 Å². The molecular weight excluding hydrogens is 290 g/mol. The third kappa shape index (κ3) is 3.08. The molecule has 2 heterocycles. The summed E-state index contributed by atoms with van der Waals surface area (Å²) in [7, 11) is 0. The molecule has 1 aromatic rings. The Bertz CT molecular complexity index is 555. The molecular formula is C15H22F2N4O. The van der Waals surface area contributed by atoms with Gasteiger partial charge in [-0.2, -0.15) is 5.10 Å². The van der Waals surface area contributed by atoms with E-state index in [9.17, 15) is 13.6 Å². The zero-order chi connectivity index (χ0) is 15.9. The number of rotatable bonds is 3. The second kappa shape index (κ2) is 5.52. The van der Waals surface area contributed by atoms with Gasteiger partial charge in [-0.25, -0.2) is 13.6 Å². The molecule has 1 aliphatic heterocycles. The van der Waals surface area contributed by atoms with Crippen LogP contribution in [-0.4, -0.2) is 39.7 Å². The first kappa shape index (κ1) is 15.2. The van der Waals surface area contributed by atoms with Crippen molar-refractivity contribution in [1.29, 1.82) is 0 Å². The molecule has 1 aliphatic carbocycles. The Labute approximate surface area is 128 Å². The van der Waals surface area contributed by atoms with Crippen molar-refractivity contribution in [3.63, 3.8) is 0 Å². The fourth-order valence-electron chi connectivity index (χ4n) is 2.89. The van der Waals surface area contributed by atoms with Gasteiger partial charge in [0.1, 0.15) is 0 Å². The lowest BCUT2D eigenvalue weighted by Crippen LogP contribution is -2.49. The second-order valence-electron chi connectivity index (χ2n) is 6.58. The number of carbonyl (C=O) groups is 1. The van der Waals surface area contributed by atoms with Crippen LogP contribution in [0.1, 0.15) is 39.2 Å². The maximum atomic E-state index is 13.5. The lowest BCUT2D eigenvalue weighted by Gasteiger charge is -2.36. The Morgan fingerprint density at radius 3 is 2.86 bits per heavy atom. The first-order valence-corrected chi connectivity index (χ1v) is 7.85. The van der Waals surface area contributed by atoms with Crippen LogP contribution in [0.2, 0.25) is 0 Å². The smallest absolute Gasteiger partial charge is 0.321 e. The second-order valence-corrected chi connectivity index (χ2v) is 6.58. The molecule has 0 radical (unpaired) electrons. The summed E-state index contributed by atoms with van der Waals surface area (Å²) in [6, 6.07) is 0.000303. The number of nitrogens with one attached hydrogen (secondary N) is 1. The van der Waals surface area contributed by atoms with Crippen molar-refractivity contribution in [3.8, 4) is 0 Å². The molecule has 2 aliphatic rings. The fourth-order valence-corrected chi connectivity index (χ4v) is 2.89. The Hall–Kier alpha value is -1.66. The molecule has 2 atom stereocenters. The van der Waals surface area contributed by atoms with E-state index >= 15 is 0 Å². The normalized spacial score (nSPS) is 25.8. The molecule has 1 saturated carbocycles. The third-order valence-corrected chi connectivity index (χ3v) is 4.79. The molecule has 7 heteroatoms. The molecule has 1 aromatic heterocycles. The van der Waals surface area contributed by atoms with Crippen LogP contribution in [0.3, 0.4) is 0 Å². The highest BCUT2D eigenvalue weighted by atomic mass is 19.3. The largest absolute Gasteiger partial charge is 0.324 e. The van der Waals surface area contributed by atoms with Crippen molar-refractivity contribution >= 4 is 11.7 Å². The third-order valence-electron chi connectivity index (χ3n) is 4.79. The van der Waals surface area contributed by atoms with Gasteiger partial charge in [0.2, 0.25) is 0 Å². The number of carbonyl (C=O) groups excluding carboxylic acids is 1. The molecule has 2 fully saturated rings. The first-order valence-electron chi connectivity index (χ1n) is 7.85. The lowest BCUT2D eigenvalue weighted by molar-refractivity contribution is -0.0899. The maximum absolute atomic E-state index is 13.5. The zero-order valence-corrected chi connectivity index (χ0v) is 12.9. The van der Waals surface area contributed by atoms with Gasteiger partial charge in [0, 0.05) is 31.6 Å². The summed E-state index contributed by atoms with van der Waals surface area (Å²) < 4.78 is 28.8. The SMILES string of the molecule is CC(C1CC1)n1cc(NC(=O)N2CCC(F)(F)C(C)C2)cn1. The van der Waals surface area contributed by atoms with Gasteiger partial charge in [-0.05, 0) is 25.7 Å². The molecule has 2 amide bonds. The van der Waals surface area contributed by atoms with Crippen molar-refractivity contribution in [2.45, 2.75) is 45.1 Å². The van der Waals surface area contributed by atoms with Crippen LogP contribution in [0.15, 0.2) is 12.4 Å². The predicted octanol–water partition coefficient (Wildman–Crippen LogP) is 3.36. The average Bonchev–Trinajstić information content (AvgIpc) is 3.21. The molecule has 5 nitrogen and oxygen atoms in total. The minimum Gasteiger partial charge on any atom is -0.324 e. The van der Waals surface area contributed by atoms with Gasteiger partial charge in [-0.15, -0.1) is 0 Å². The summed E-state index contributed by atoms with van der Waals surface area (Å²) in [4.78, 5) is 13.6. The minimum absolute atomic E-state index is 0.0748. The Morgan fingerprint density at radius 1 is 1.50 bits per heavy atom. The fraction of sp³-hybridized carbons (Fsp3) is 0.733. The quantitative estimate of drug-likeness (QED) is 0.930. The highest BCUT2D eigenvalue weighted by Crippen LogP contribution is 2.39. The molecule has 1 N–H and O–H groups in total. The highest BCUT2D eigenvalue weighted by Gasteiger charge is 2.42. The van der Waals surface area contributed by atoms with Crippen molar-refractivity contribution in [1.82, 2.24) is 14.7 Å². The van der Waals surface area contributed by atoms with Crippen LogP contribution in [0, 0.1) is 11.8 Å². The number of aromatic nitrogens is 2. The van der Waals surface area contributed by atoms with Crippen LogP contribution < -0.4 is 5.32 Å². The number of halogens is 2. The van der Waals surface area contributed by atoms with E-state index in [4.69, 9.17) is 0 Å². The van der Waals surface area contributed by atoms with Gasteiger partial charge < -0.3 is 10.2 Å². The summed E-state index contributed by atoms with van der Waals surface area (Å²) in [6.45, 7) is 3.75. The lowest BCUT2D eigenvalue weighted by atomic mass is 9.96. The maximum Gasteiger partial charge on any atom is 0.321 e. The number of nitrogens with zero attached hydrogens (tertiary/aromatic N) is 3. The van der Waals surface area contributed by atoms with Crippen molar-refractivity contribution in [3.05, 3.63) is 12.4 Å². The van der Waals surface area contributed by atoms with Crippen LogP contribution in [0.5, 0.6) is 0 Å². The summed E-state index contributed by atoms with van der Waals surface area (Å²) in [6.07, 6.45) is 5.59. The summed E-state index contributed by atoms with van der Waals surface area (Å²) >= 11 is 0. The van der Waals surface area contributed by atoms with Gasteiger partial charge in [-0.3, -0.25) is 4.68 Å². The van der Waals surface area contributed by atoms with Crippen LogP contribution in [-0.2, 0) is 0 Å². The number of hydrogen-bond acceptors (Lipinski definition) is 2. The Balaban J connectivity index is 1.58. The molecule has 1 saturated heterocycles. The van der Waals surface area contributed by atoms with E-state index in [2.05, 4.69) is 17.3 Å². The van der Waals surface area contributed by atoms with Crippen molar-refractivity contribution in [2.75, 3.05) is 18.4 Å². The molecule has 3 rings (SSSR count). The molecule has 22 heavy (non-hydrogen) atoms. The monoisotopic (exact) mass is 312 g/mol. The molecule has 122 valence electrons. The molecule has 0 spiro atoms. The van der Waals surface area contributed by atoms with E-state index in [0.29, 0.717) is 17.6 Å². The summed E-state index contributed by atoms with van der Waals surface area (Å²) in [5.74, 6) is -2.82. The molecule has 0 aromatic carbocycles. The van der Waals surface area contributed by atoms with E-state index < -0.39 is 11.8 Å². The number of likely N-dealkylation sites (tertiary alicyclic amines) is 1. The number of alkyl halides is 2. The molecule has 2 unspecified atom stereocenters. The number of urea groups is 1. The molecule has 0 bridgehead atoms. The van der Waals surface area contributed by atoms with Gasteiger partial charge in [0.15, 0.2) is 0 Å². The number of anilines is 1. The first-order chi connectivity index (χ1) is 10.4. The summed E-state index contributed by atoms with van der Waals surface area (Å²) in [5.41, 5.74) is 0.613. The average molecular weight is 312 g/mol. The van der Waals surface area contributed by atoms with Crippen molar-refractivity contribution in [2.24, 2.45) is 11.8 Å². The van der Waals surface area contributed by atoms with Crippen LogP contribution >= 0.6 is 0 Å². The number of piperidine rings is 1. The van der Waals surface area contributed by atoms with Gasteiger partial charge in [0.25, 0.3) is 5.92 Å². The van der Waals surface area contributed by atoms with Gasteiger partial charge >= 0.3 is 6.03 Å². The standard InChI is InChI=1S/C15H22F2N4O/c1-10-8-20(6-5-15(10,16)17)14(22)19-13-7-18-21(9-13)11(2)12-3-4-12/h7,9-12H,3-6,8H2,1-2H3,(H,19,22). The van der Waals surface area contributed by atoms with Crippen LogP contribution in [0.25, 0.3) is 0 Å². The van der Waals surface area contributed by atoms with E-state index in [1.165, 1.54) is 24.7 Å². The number of hydrogen-bond donors (Lipinski definition) is 1. The Morgan fingerprint density at radius 2 is 2.23 bits per heavy atom. The van der Waals surface area contributed by atoms with Gasteiger partial charge in [0.05, 0.1) is 17.9 Å². The minimum atomic E-state index is -2.68. The summed E-state index contributed by atoms with van der Waals surface area (Å²) in [5, 5.41) is 7.03. The number of amides is 2. The Kier molecular flexibility index (Phi) is 3.82. The van der Waals surface area contributed by atoms with E-state index in [1.807, 2.05) is 10.9 Å². The van der Waals surface area contributed by atoms with E-state index in [-0.39, 0.29) is 25.5 Å².